The maximum Gasteiger partial charge on any atom is 0.325 e. The van der Waals surface area contributed by atoms with E-state index >= 15 is 0 Å². The second-order valence-electron chi connectivity index (χ2n) is 6.09. The Morgan fingerprint density at radius 1 is 1.03 bits per heavy atom. The summed E-state index contributed by atoms with van der Waals surface area (Å²) in [6.45, 7) is 3.69. The Balaban J connectivity index is 2.05. The number of imide groups is 1. The van der Waals surface area contributed by atoms with Gasteiger partial charge in [-0.25, -0.2) is 4.79 Å². The van der Waals surface area contributed by atoms with E-state index in [0.29, 0.717) is 5.56 Å². The quantitative estimate of drug-likeness (QED) is 0.373. The molecule has 1 atom stereocenters. The standard InChI is InChI=1S/C18H14N6O6/c1-10-15(17(25)20-18(26)19-10)16(11-5-3-2-4-6-11)22-21-13-8-7-12(23(27)28)9-14(13)24(29)30/h2-9,15,21H,1H2,(H2,19,20,25,26)/b22-16+. The molecule has 0 aliphatic carbocycles. The molecule has 1 aliphatic heterocycles. The van der Waals surface area contributed by atoms with Crippen LogP contribution in [-0.4, -0.2) is 27.5 Å². The Hall–Kier alpha value is -4.61. The van der Waals surface area contributed by atoms with Crippen LogP contribution >= 0.6 is 0 Å². The highest BCUT2D eigenvalue weighted by atomic mass is 16.6. The Morgan fingerprint density at radius 3 is 2.33 bits per heavy atom. The zero-order chi connectivity index (χ0) is 21.8. The molecular weight excluding hydrogens is 396 g/mol. The number of amides is 3. The Kier molecular flexibility index (Phi) is 5.49. The van der Waals surface area contributed by atoms with E-state index in [1.54, 1.807) is 30.3 Å². The van der Waals surface area contributed by atoms with Crippen LogP contribution in [0.5, 0.6) is 0 Å². The van der Waals surface area contributed by atoms with Crippen LogP contribution in [-0.2, 0) is 4.79 Å². The van der Waals surface area contributed by atoms with E-state index in [1.165, 1.54) is 0 Å². The van der Waals surface area contributed by atoms with Gasteiger partial charge in [0.25, 0.3) is 5.69 Å². The van der Waals surface area contributed by atoms with Crippen molar-refractivity contribution in [3.8, 4) is 0 Å². The van der Waals surface area contributed by atoms with Gasteiger partial charge in [0.15, 0.2) is 0 Å². The van der Waals surface area contributed by atoms with Crippen molar-refractivity contribution in [3.05, 3.63) is 86.6 Å². The Morgan fingerprint density at radius 2 is 1.73 bits per heavy atom. The summed E-state index contributed by atoms with van der Waals surface area (Å²) in [5, 5.41) is 30.9. The second kappa shape index (κ2) is 8.18. The average Bonchev–Trinajstić information content (AvgIpc) is 2.70. The number of nitro groups is 2. The number of nitrogens with one attached hydrogen (secondary N) is 3. The summed E-state index contributed by atoms with van der Waals surface area (Å²) in [7, 11) is 0. The van der Waals surface area contributed by atoms with Gasteiger partial charge in [-0.15, -0.1) is 0 Å². The first-order chi connectivity index (χ1) is 14.3. The first-order valence-corrected chi connectivity index (χ1v) is 8.40. The zero-order valence-corrected chi connectivity index (χ0v) is 15.2. The zero-order valence-electron chi connectivity index (χ0n) is 15.2. The van der Waals surface area contributed by atoms with Gasteiger partial charge in [-0.1, -0.05) is 36.9 Å². The van der Waals surface area contributed by atoms with Gasteiger partial charge >= 0.3 is 11.7 Å². The molecule has 12 heteroatoms. The topological polar surface area (TPSA) is 169 Å². The van der Waals surface area contributed by atoms with Crippen LogP contribution in [0, 0.1) is 26.1 Å². The van der Waals surface area contributed by atoms with E-state index in [-0.39, 0.29) is 17.1 Å². The molecule has 0 saturated carbocycles. The van der Waals surface area contributed by atoms with Crippen molar-refractivity contribution in [2.24, 2.45) is 11.0 Å². The number of hydrogen-bond donors (Lipinski definition) is 3. The number of rotatable bonds is 6. The molecule has 30 heavy (non-hydrogen) atoms. The van der Waals surface area contributed by atoms with Gasteiger partial charge in [-0.2, -0.15) is 5.10 Å². The fourth-order valence-corrected chi connectivity index (χ4v) is 2.79. The summed E-state index contributed by atoms with van der Waals surface area (Å²) in [6.07, 6.45) is 0. The summed E-state index contributed by atoms with van der Waals surface area (Å²) >= 11 is 0. The lowest BCUT2D eigenvalue weighted by Gasteiger charge is -2.25. The molecule has 1 unspecified atom stereocenters. The third-order valence-corrected chi connectivity index (χ3v) is 4.15. The van der Waals surface area contributed by atoms with E-state index in [0.717, 1.165) is 18.2 Å². The maximum absolute atomic E-state index is 12.4. The van der Waals surface area contributed by atoms with Gasteiger partial charge in [0, 0.05) is 11.8 Å². The maximum atomic E-state index is 12.4. The summed E-state index contributed by atoms with van der Waals surface area (Å²) in [5.41, 5.74) is 2.05. The van der Waals surface area contributed by atoms with Gasteiger partial charge < -0.3 is 5.32 Å². The van der Waals surface area contributed by atoms with E-state index in [2.05, 4.69) is 27.7 Å². The fourth-order valence-electron chi connectivity index (χ4n) is 2.79. The summed E-state index contributed by atoms with van der Waals surface area (Å²) in [5.74, 6) is -1.75. The number of nitrogens with zero attached hydrogens (tertiary/aromatic N) is 3. The SMILES string of the molecule is C=C1NC(=O)NC(=O)C1/C(=N/Nc1ccc([N+](=O)[O-])cc1[N+](=O)[O-])c1ccccc1. The monoisotopic (exact) mass is 410 g/mol. The number of anilines is 1. The number of carbonyl (C=O) groups excluding carboxylic acids is 2. The van der Waals surface area contributed by atoms with Crippen molar-refractivity contribution in [2.75, 3.05) is 5.43 Å². The number of carbonyl (C=O) groups is 2. The minimum absolute atomic E-state index is 0.0753. The van der Waals surface area contributed by atoms with Crippen molar-refractivity contribution >= 4 is 34.7 Å². The lowest BCUT2D eigenvalue weighted by molar-refractivity contribution is -0.393. The molecule has 1 aliphatic rings. The molecule has 3 N–H and O–H groups in total. The van der Waals surface area contributed by atoms with Gasteiger partial charge in [0.1, 0.15) is 11.6 Å². The van der Waals surface area contributed by atoms with Gasteiger partial charge in [0.2, 0.25) is 5.91 Å². The third kappa shape index (κ3) is 4.11. The third-order valence-electron chi connectivity index (χ3n) is 4.15. The molecule has 12 nitrogen and oxygen atoms in total. The summed E-state index contributed by atoms with van der Waals surface area (Å²) in [6, 6.07) is 10.7. The molecule has 2 aromatic rings. The molecule has 152 valence electrons. The molecule has 0 radical (unpaired) electrons. The molecule has 0 bridgehead atoms. The highest BCUT2D eigenvalue weighted by Gasteiger charge is 2.35. The van der Waals surface area contributed by atoms with Crippen LogP contribution in [0.25, 0.3) is 0 Å². The van der Waals surface area contributed by atoms with Crippen LogP contribution in [0.1, 0.15) is 5.56 Å². The van der Waals surface area contributed by atoms with Gasteiger partial charge in [0.05, 0.1) is 21.6 Å². The van der Waals surface area contributed by atoms with Gasteiger partial charge in [-0.3, -0.25) is 35.8 Å². The molecule has 1 heterocycles. The minimum atomic E-state index is -1.07. The first kappa shape index (κ1) is 20.1. The van der Waals surface area contributed by atoms with Crippen LogP contribution in [0.2, 0.25) is 0 Å². The number of nitro benzene ring substituents is 2. The van der Waals surface area contributed by atoms with Crippen molar-refractivity contribution in [1.82, 2.24) is 10.6 Å². The largest absolute Gasteiger partial charge is 0.325 e. The fraction of sp³-hybridized carbons (Fsp3) is 0.0556. The van der Waals surface area contributed by atoms with Crippen LogP contribution in [0.15, 0.2) is 65.9 Å². The number of urea groups is 1. The second-order valence-corrected chi connectivity index (χ2v) is 6.09. The molecule has 1 saturated heterocycles. The van der Waals surface area contributed by atoms with E-state index in [9.17, 15) is 29.8 Å². The molecule has 0 spiro atoms. The van der Waals surface area contributed by atoms with Gasteiger partial charge in [-0.05, 0) is 11.6 Å². The van der Waals surface area contributed by atoms with Crippen molar-refractivity contribution in [3.63, 3.8) is 0 Å². The molecule has 1 fully saturated rings. The predicted octanol–water partition coefficient (Wildman–Crippen LogP) is 2.29. The Labute approximate surface area is 168 Å². The van der Waals surface area contributed by atoms with Crippen LogP contribution < -0.4 is 16.1 Å². The predicted molar refractivity (Wildman–Crippen MR) is 106 cm³/mol. The van der Waals surface area contributed by atoms with E-state index < -0.39 is 39.1 Å². The van der Waals surface area contributed by atoms with Crippen LogP contribution in [0.4, 0.5) is 21.9 Å². The normalized spacial score (nSPS) is 16.5. The minimum Gasteiger partial charge on any atom is -0.311 e. The molecular formula is C18H14N6O6. The Bertz CT molecular complexity index is 1080. The lowest BCUT2D eigenvalue weighted by Crippen LogP contribution is -2.52. The highest BCUT2D eigenvalue weighted by Crippen LogP contribution is 2.29. The lowest BCUT2D eigenvalue weighted by atomic mass is 9.92. The summed E-state index contributed by atoms with van der Waals surface area (Å²) in [4.78, 5) is 44.6. The smallest absolute Gasteiger partial charge is 0.311 e. The molecule has 0 aromatic heterocycles. The highest BCUT2D eigenvalue weighted by molar-refractivity contribution is 6.19. The first-order valence-electron chi connectivity index (χ1n) is 8.40. The molecule has 3 amide bonds. The average molecular weight is 410 g/mol. The number of hydrazone groups is 1. The van der Waals surface area contributed by atoms with Crippen molar-refractivity contribution in [1.29, 1.82) is 0 Å². The molecule has 2 aromatic carbocycles. The van der Waals surface area contributed by atoms with Crippen molar-refractivity contribution < 1.29 is 19.4 Å². The number of hydrogen-bond acceptors (Lipinski definition) is 8. The van der Waals surface area contributed by atoms with E-state index in [4.69, 9.17) is 0 Å². The van der Waals surface area contributed by atoms with Crippen molar-refractivity contribution in [2.45, 2.75) is 0 Å². The number of non-ortho nitro benzene ring substituents is 1. The van der Waals surface area contributed by atoms with E-state index in [1.807, 2.05) is 0 Å². The number of benzene rings is 2. The molecule has 3 rings (SSSR count). The van der Waals surface area contributed by atoms with Crippen LogP contribution in [0.3, 0.4) is 0 Å². The summed E-state index contributed by atoms with van der Waals surface area (Å²) < 4.78 is 0.